The van der Waals surface area contributed by atoms with Crippen molar-refractivity contribution < 1.29 is 4.74 Å². The van der Waals surface area contributed by atoms with Crippen LogP contribution in [-0.4, -0.2) is 23.8 Å². The van der Waals surface area contributed by atoms with Gasteiger partial charge in [-0.05, 0) is 37.3 Å². The van der Waals surface area contributed by atoms with Crippen LogP contribution in [0.2, 0.25) is 0 Å². The molecular formula is C15H26N2O. The summed E-state index contributed by atoms with van der Waals surface area (Å²) in [7, 11) is 2.17. The molecule has 1 saturated heterocycles. The highest BCUT2D eigenvalue weighted by Crippen LogP contribution is 2.13. The molecule has 1 aliphatic rings. The minimum absolute atomic E-state index is 0.431. The van der Waals surface area contributed by atoms with E-state index in [0.717, 1.165) is 26.1 Å². The lowest BCUT2D eigenvalue weighted by molar-refractivity contribution is 0.110. The van der Waals surface area contributed by atoms with Crippen molar-refractivity contribution in [3.05, 3.63) is 23.5 Å². The summed E-state index contributed by atoms with van der Waals surface area (Å²) in [5, 5.41) is 3.51. The van der Waals surface area contributed by atoms with Crippen molar-refractivity contribution >= 4 is 0 Å². The van der Waals surface area contributed by atoms with Gasteiger partial charge in [0, 0.05) is 38.1 Å². The van der Waals surface area contributed by atoms with Crippen LogP contribution in [0.4, 0.5) is 0 Å². The van der Waals surface area contributed by atoms with E-state index in [1.54, 1.807) is 0 Å². The summed E-state index contributed by atoms with van der Waals surface area (Å²) in [6.07, 6.45) is 4.01. The van der Waals surface area contributed by atoms with Gasteiger partial charge in [0.05, 0.1) is 6.10 Å². The molecule has 3 heteroatoms. The van der Waals surface area contributed by atoms with Crippen LogP contribution in [-0.2, 0) is 24.8 Å². The van der Waals surface area contributed by atoms with E-state index >= 15 is 0 Å². The Morgan fingerprint density at radius 3 is 2.83 bits per heavy atom. The molecule has 0 aromatic carbocycles. The highest BCUT2D eigenvalue weighted by molar-refractivity contribution is 5.16. The number of rotatable bonds is 6. The first kappa shape index (κ1) is 13.6. The molecule has 0 bridgehead atoms. The Morgan fingerprint density at radius 2 is 2.17 bits per heavy atom. The fourth-order valence-corrected chi connectivity index (χ4v) is 2.57. The predicted molar refractivity (Wildman–Crippen MR) is 74.6 cm³/mol. The second kappa shape index (κ2) is 6.39. The van der Waals surface area contributed by atoms with E-state index in [1.807, 2.05) is 0 Å². The molecule has 0 spiro atoms. The monoisotopic (exact) mass is 250 g/mol. The van der Waals surface area contributed by atoms with E-state index in [0.29, 0.717) is 12.0 Å². The van der Waals surface area contributed by atoms with Crippen molar-refractivity contribution in [3.8, 4) is 0 Å². The fraction of sp³-hybridized carbons (Fsp3) is 0.733. The summed E-state index contributed by atoms with van der Waals surface area (Å²) in [6.45, 7) is 7.39. The van der Waals surface area contributed by atoms with Crippen LogP contribution >= 0.6 is 0 Å². The topological polar surface area (TPSA) is 26.2 Å². The molecule has 18 heavy (non-hydrogen) atoms. The number of hydrogen-bond acceptors (Lipinski definition) is 2. The van der Waals surface area contributed by atoms with Crippen molar-refractivity contribution in [2.45, 2.75) is 45.8 Å². The van der Waals surface area contributed by atoms with E-state index in [1.165, 1.54) is 24.2 Å². The summed E-state index contributed by atoms with van der Waals surface area (Å²) in [4.78, 5) is 0. The lowest BCUT2D eigenvalue weighted by Crippen LogP contribution is -2.26. The Morgan fingerprint density at radius 1 is 1.39 bits per heavy atom. The van der Waals surface area contributed by atoms with Gasteiger partial charge >= 0.3 is 0 Å². The van der Waals surface area contributed by atoms with Crippen LogP contribution in [0.25, 0.3) is 0 Å². The molecule has 2 rings (SSSR count). The van der Waals surface area contributed by atoms with E-state index in [9.17, 15) is 0 Å². The Balaban J connectivity index is 1.80. The van der Waals surface area contributed by atoms with Crippen LogP contribution < -0.4 is 5.32 Å². The van der Waals surface area contributed by atoms with Gasteiger partial charge in [-0.2, -0.15) is 0 Å². The van der Waals surface area contributed by atoms with Crippen LogP contribution in [0.5, 0.6) is 0 Å². The first-order chi connectivity index (χ1) is 8.66. The Labute approximate surface area is 111 Å². The Kier molecular flexibility index (Phi) is 4.84. The molecule has 102 valence electrons. The summed E-state index contributed by atoms with van der Waals surface area (Å²) < 4.78 is 7.93. The number of nitrogens with zero attached hydrogens (tertiary/aromatic N) is 1. The average molecular weight is 250 g/mol. The minimum Gasteiger partial charge on any atom is -0.377 e. The van der Waals surface area contributed by atoms with Crippen molar-refractivity contribution in [2.24, 2.45) is 13.0 Å². The van der Waals surface area contributed by atoms with Gasteiger partial charge in [-0.15, -0.1) is 0 Å². The normalized spacial score (nSPS) is 19.9. The molecule has 1 fully saturated rings. The SMILES string of the molecule is CC(C)Cc1ccc(CNCC2CCCO2)n1C. The molecule has 1 N–H and O–H groups in total. The minimum atomic E-state index is 0.431. The molecule has 0 radical (unpaired) electrons. The molecule has 1 atom stereocenters. The summed E-state index contributed by atoms with van der Waals surface area (Å²) in [6, 6.07) is 4.49. The number of nitrogens with one attached hydrogen (secondary N) is 1. The van der Waals surface area contributed by atoms with Crippen LogP contribution in [0.3, 0.4) is 0 Å². The van der Waals surface area contributed by atoms with Crippen molar-refractivity contribution in [2.75, 3.05) is 13.2 Å². The van der Waals surface area contributed by atoms with E-state index in [4.69, 9.17) is 4.74 Å². The Hall–Kier alpha value is -0.800. The van der Waals surface area contributed by atoms with Gasteiger partial charge in [-0.25, -0.2) is 0 Å². The maximum Gasteiger partial charge on any atom is 0.0700 e. The largest absolute Gasteiger partial charge is 0.377 e. The number of aromatic nitrogens is 1. The summed E-state index contributed by atoms with van der Waals surface area (Å²) in [5.74, 6) is 0.714. The third-order valence-corrected chi connectivity index (χ3v) is 3.65. The van der Waals surface area contributed by atoms with Gasteiger partial charge in [0.2, 0.25) is 0 Å². The molecule has 0 aliphatic carbocycles. The molecule has 1 unspecified atom stereocenters. The van der Waals surface area contributed by atoms with E-state index in [2.05, 4.69) is 42.9 Å². The number of hydrogen-bond donors (Lipinski definition) is 1. The summed E-state index contributed by atoms with van der Waals surface area (Å²) >= 11 is 0. The fourth-order valence-electron chi connectivity index (χ4n) is 2.57. The average Bonchev–Trinajstić information content (AvgIpc) is 2.93. The van der Waals surface area contributed by atoms with Gasteiger partial charge in [0.15, 0.2) is 0 Å². The predicted octanol–water partition coefficient (Wildman–Crippen LogP) is 2.49. The van der Waals surface area contributed by atoms with Gasteiger partial charge in [-0.3, -0.25) is 0 Å². The maximum atomic E-state index is 5.61. The van der Waals surface area contributed by atoms with Gasteiger partial charge in [0.25, 0.3) is 0 Å². The van der Waals surface area contributed by atoms with E-state index in [-0.39, 0.29) is 0 Å². The molecule has 3 nitrogen and oxygen atoms in total. The molecule has 1 aromatic heterocycles. The lowest BCUT2D eigenvalue weighted by Gasteiger charge is -2.12. The first-order valence-electron chi connectivity index (χ1n) is 7.12. The van der Waals surface area contributed by atoms with Crippen molar-refractivity contribution in [3.63, 3.8) is 0 Å². The highest BCUT2D eigenvalue weighted by atomic mass is 16.5. The molecular weight excluding hydrogens is 224 g/mol. The molecule has 0 amide bonds. The van der Waals surface area contributed by atoms with Crippen molar-refractivity contribution in [1.29, 1.82) is 0 Å². The third-order valence-electron chi connectivity index (χ3n) is 3.65. The highest BCUT2D eigenvalue weighted by Gasteiger charge is 2.14. The number of ether oxygens (including phenoxy) is 1. The molecule has 2 heterocycles. The lowest BCUT2D eigenvalue weighted by atomic mass is 10.1. The zero-order valence-corrected chi connectivity index (χ0v) is 11.9. The van der Waals surface area contributed by atoms with Gasteiger partial charge in [-0.1, -0.05) is 13.8 Å². The van der Waals surface area contributed by atoms with Crippen LogP contribution in [0.15, 0.2) is 12.1 Å². The Bertz CT molecular complexity index is 365. The zero-order valence-electron chi connectivity index (χ0n) is 11.9. The summed E-state index contributed by atoms with van der Waals surface area (Å²) in [5.41, 5.74) is 2.79. The van der Waals surface area contributed by atoms with Gasteiger partial charge < -0.3 is 14.6 Å². The van der Waals surface area contributed by atoms with Crippen molar-refractivity contribution in [1.82, 2.24) is 9.88 Å². The third kappa shape index (κ3) is 3.59. The second-order valence-corrected chi connectivity index (χ2v) is 5.74. The molecule has 1 aromatic rings. The first-order valence-corrected chi connectivity index (χ1v) is 7.12. The maximum absolute atomic E-state index is 5.61. The quantitative estimate of drug-likeness (QED) is 0.839. The zero-order chi connectivity index (χ0) is 13.0. The smallest absolute Gasteiger partial charge is 0.0700 e. The second-order valence-electron chi connectivity index (χ2n) is 5.74. The van der Waals surface area contributed by atoms with E-state index < -0.39 is 0 Å². The molecule has 0 saturated carbocycles. The standard InChI is InChI=1S/C15H26N2O/c1-12(2)9-13-6-7-14(17(13)3)10-16-11-15-5-4-8-18-15/h6-7,12,15-16H,4-5,8-11H2,1-3H3. The van der Waals surface area contributed by atoms with Crippen LogP contribution in [0, 0.1) is 5.92 Å². The van der Waals surface area contributed by atoms with Crippen LogP contribution in [0.1, 0.15) is 38.1 Å². The van der Waals surface area contributed by atoms with Gasteiger partial charge in [0.1, 0.15) is 0 Å². The molecule has 1 aliphatic heterocycles.